The third-order valence-corrected chi connectivity index (χ3v) is 17.2. The fraction of sp³-hybridized carbons (Fsp3) is 0.765. The molecule has 6 bridgehead atoms. The second-order valence-corrected chi connectivity index (χ2v) is 18.0. The number of benzene rings is 1. The first-order valence-corrected chi connectivity index (χ1v) is 18.5. The van der Waals surface area contributed by atoms with Gasteiger partial charge in [-0.1, -0.05) is 47.6 Å². The van der Waals surface area contributed by atoms with Gasteiger partial charge in [-0.3, -0.25) is 0 Å². The highest BCUT2D eigenvalue weighted by atomic mass is 33.1. The van der Waals surface area contributed by atoms with Gasteiger partial charge in [0, 0.05) is 29.2 Å². The molecule has 1 heterocycles. The van der Waals surface area contributed by atoms with Crippen molar-refractivity contribution in [3.8, 4) is 0 Å². The van der Waals surface area contributed by atoms with Gasteiger partial charge < -0.3 is 25.4 Å². The van der Waals surface area contributed by atoms with Crippen LogP contribution >= 0.6 is 21.6 Å². The second kappa shape index (κ2) is 9.32. The summed E-state index contributed by atoms with van der Waals surface area (Å²) in [6.07, 6.45) is 11.3. The van der Waals surface area contributed by atoms with Crippen LogP contribution in [0, 0.1) is 45.8 Å². The highest BCUT2D eigenvalue weighted by molar-refractivity contribution is 8.77. The quantitative estimate of drug-likeness (QED) is 0.272. The van der Waals surface area contributed by atoms with Crippen LogP contribution in [0.5, 0.6) is 0 Å². The van der Waals surface area contributed by atoms with Gasteiger partial charge in [0.2, 0.25) is 0 Å². The van der Waals surface area contributed by atoms with E-state index >= 15 is 0 Å². The Bertz CT molecular complexity index is 1260. The minimum absolute atomic E-state index is 0.0396. The maximum Gasteiger partial charge on any atom is 0.110 e. The van der Waals surface area contributed by atoms with E-state index in [1.165, 1.54) is 31.2 Å². The van der Waals surface area contributed by atoms with Crippen LogP contribution in [0.4, 0.5) is 5.69 Å². The molecule has 0 radical (unpaired) electrons. The Labute approximate surface area is 253 Å². The summed E-state index contributed by atoms with van der Waals surface area (Å²) in [6.45, 7) is 4.89. The van der Waals surface area contributed by atoms with Gasteiger partial charge >= 0.3 is 0 Å². The lowest BCUT2D eigenvalue weighted by atomic mass is 9.48. The van der Waals surface area contributed by atoms with Gasteiger partial charge in [0.1, 0.15) is 11.7 Å². The summed E-state index contributed by atoms with van der Waals surface area (Å²) < 4.78 is 5.90. The van der Waals surface area contributed by atoms with Crippen molar-refractivity contribution in [2.45, 2.75) is 101 Å². The van der Waals surface area contributed by atoms with Crippen molar-refractivity contribution in [2.75, 3.05) is 18.2 Å². The van der Waals surface area contributed by atoms with Crippen LogP contribution in [0.1, 0.15) is 70.8 Å². The maximum absolute atomic E-state index is 12.6. The monoisotopic (exact) mass is 597 g/mol. The number of aliphatic hydroxyl groups is 3. The van der Waals surface area contributed by atoms with E-state index in [-0.39, 0.29) is 34.3 Å². The highest BCUT2D eigenvalue weighted by Gasteiger charge is 2.86. The predicted molar refractivity (Wildman–Crippen MR) is 167 cm³/mol. The Morgan fingerprint density at radius 2 is 1.88 bits per heavy atom. The topological polar surface area (TPSA) is 82.0 Å². The van der Waals surface area contributed by atoms with E-state index in [0.717, 1.165) is 43.5 Å². The molecule has 0 aromatic heterocycles. The zero-order valence-electron chi connectivity index (χ0n) is 24.7. The van der Waals surface area contributed by atoms with Crippen molar-refractivity contribution in [3.05, 3.63) is 41.7 Å². The fourth-order valence-corrected chi connectivity index (χ4v) is 15.8. The third-order valence-electron chi connectivity index (χ3n) is 14.1. The average molecular weight is 598 g/mol. The van der Waals surface area contributed by atoms with Gasteiger partial charge in [-0.05, 0) is 116 Å². The number of methoxy groups -OCH3 is 1. The number of nitrogens with one attached hydrogen (secondary N) is 1. The summed E-state index contributed by atoms with van der Waals surface area (Å²) in [6, 6.07) is 9.10. The van der Waals surface area contributed by atoms with E-state index in [1.54, 1.807) is 7.11 Å². The van der Waals surface area contributed by atoms with Crippen LogP contribution in [0.25, 0.3) is 0 Å². The first kappa shape index (κ1) is 27.7. The van der Waals surface area contributed by atoms with Gasteiger partial charge in [-0.2, -0.15) is 0 Å². The lowest BCUT2D eigenvalue weighted by Gasteiger charge is -2.57. The SMILES string of the molecule is COC1C=C(O)C2C3C4CCC5(CC6CSSC7CCCC(O)C7Nc7cccc(c7)CC6C5)C3(C)C(C)(C4)C12O. The van der Waals surface area contributed by atoms with E-state index < -0.39 is 11.7 Å². The molecule has 13 atom stereocenters. The Hall–Kier alpha value is -0.860. The number of rotatable bonds is 1. The fourth-order valence-electron chi connectivity index (χ4n) is 12.4. The molecule has 8 rings (SSSR count). The molecule has 4 N–H and O–H groups in total. The van der Waals surface area contributed by atoms with Crippen molar-refractivity contribution in [2.24, 2.45) is 45.8 Å². The molecule has 7 aliphatic rings. The molecule has 224 valence electrons. The Kier molecular flexibility index (Phi) is 6.29. The van der Waals surface area contributed by atoms with Gasteiger partial charge in [0.15, 0.2) is 0 Å². The number of aliphatic hydroxyl groups excluding tert-OH is 2. The van der Waals surface area contributed by atoms with E-state index in [4.69, 9.17) is 4.74 Å². The molecular formula is C34H47NO4S2. The van der Waals surface area contributed by atoms with Gasteiger partial charge in [0.05, 0.1) is 23.8 Å². The summed E-state index contributed by atoms with van der Waals surface area (Å²) in [5, 5.41) is 39.0. The molecule has 7 heteroatoms. The summed E-state index contributed by atoms with van der Waals surface area (Å²) in [5.41, 5.74) is 1.34. The standard InChI is InChI=1S/C34H47NO4S2/c1-31-15-20-10-11-33(32(31,2)28(20)29-25(37)14-27(39-3)34(29,31)38)16-21-12-19-6-4-7-23(13-19)35-30-24(36)8-5-9-26(30)41-40-18-22(21)17-33/h4,6-7,13-14,20-22,24,26-30,35-38H,5,8-12,15-18H2,1-3H3. The molecule has 5 nitrogen and oxygen atoms in total. The predicted octanol–water partition coefficient (Wildman–Crippen LogP) is 6.60. The van der Waals surface area contributed by atoms with Crippen molar-refractivity contribution in [1.29, 1.82) is 0 Å². The minimum atomic E-state index is -1.03. The first-order valence-electron chi connectivity index (χ1n) is 16.1. The van der Waals surface area contributed by atoms with E-state index in [2.05, 4.69) is 54.2 Å². The van der Waals surface area contributed by atoms with Crippen LogP contribution in [-0.4, -0.2) is 57.3 Å². The largest absolute Gasteiger partial charge is 0.512 e. The smallest absolute Gasteiger partial charge is 0.110 e. The van der Waals surface area contributed by atoms with Crippen molar-refractivity contribution < 1.29 is 20.1 Å². The Morgan fingerprint density at radius 1 is 1.05 bits per heavy atom. The maximum atomic E-state index is 12.6. The molecule has 5 fully saturated rings. The zero-order chi connectivity index (χ0) is 28.4. The van der Waals surface area contributed by atoms with Crippen LogP contribution in [0.3, 0.4) is 0 Å². The number of hydrogen-bond donors (Lipinski definition) is 4. The minimum Gasteiger partial charge on any atom is -0.512 e. The average Bonchev–Trinajstić information content (AvgIpc) is 3.53. The van der Waals surface area contributed by atoms with Gasteiger partial charge in [-0.15, -0.1) is 0 Å². The van der Waals surface area contributed by atoms with Crippen LogP contribution in [-0.2, 0) is 11.2 Å². The lowest BCUT2D eigenvalue weighted by molar-refractivity contribution is -0.181. The molecule has 1 spiro atoms. The van der Waals surface area contributed by atoms with Gasteiger partial charge in [-0.25, -0.2) is 0 Å². The molecule has 1 aromatic carbocycles. The number of ether oxygens (including phenoxy) is 1. The van der Waals surface area contributed by atoms with Crippen molar-refractivity contribution >= 4 is 27.3 Å². The van der Waals surface area contributed by atoms with Crippen LogP contribution < -0.4 is 5.32 Å². The molecule has 1 aromatic rings. The summed E-state index contributed by atoms with van der Waals surface area (Å²) in [4.78, 5) is 0. The Balaban J connectivity index is 1.16. The first-order chi connectivity index (χ1) is 19.6. The number of fused-ring (bicyclic) bond motifs is 6. The molecule has 6 aliphatic carbocycles. The van der Waals surface area contributed by atoms with E-state index in [9.17, 15) is 15.3 Å². The summed E-state index contributed by atoms with van der Waals surface area (Å²) >= 11 is 0. The van der Waals surface area contributed by atoms with Crippen molar-refractivity contribution in [1.82, 2.24) is 0 Å². The molecule has 1 aliphatic heterocycles. The Morgan fingerprint density at radius 3 is 2.71 bits per heavy atom. The second-order valence-electron chi connectivity index (χ2n) is 15.3. The molecular weight excluding hydrogens is 551 g/mol. The normalized spacial score (nSPS) is 53.5. The number of anilines is 1. The zero-order valence-corrected chi connectivity index (χ0v) is 26.4. The summed E-state index contributed by atoms with van der Waals surface area (Å²) in [7, 11) is 5.76. The van der Waals surface area contributed by atoms with Crippen LogP contribution in [0.2, 0.25) is 0 Å². The van der Waals surface area contributed by atoms with Crippen LogP contribution in [0.15, 0.2) is 36.1 Å². The summed E-state index contributed by atoms with van der Waals surface area (Å²) in [5.74, 6) is 3.45. The van der Waals surface area contributed by atoms with Crippen molar-refractivity contribution in [3.63, 3.8) is 0 Å². The molecule has 5 saturated carbocycles. The third kappa shape index (κ3) is 3.45. The lowest BCUT2D eigenvalue weighted by Crippen LogP contribution is -2.59. The molecule has 0 amide bonds. The molecule has 13 unspecified atom stereocenters. The molecule has 41 heavy (non-hydrogen) atoms. The van der Waals surface area contributed by atoms with Gasteiger partial charge in [0.25, 0.3) is 0 Å². The van der Waals surface area contributed by atoms with E-state index in [1.807, 2.05) is 16.9 Å². The number of hydrogen-bond acceptors (Lipinski definition) is 7. The molecule has 0 saturated heterocycles. The highest BCUT2D eigenvalue weighted by Crippen LogP contribution is 2.86. The van der Waals surface area contributed by atoms with E-state index in [0.29, 0.717) is 34.7 Å².